The molecule has 1 N–H and O–H groups in total. The molecule has 1 aromatic carbocycles. The van der Waals surface area contributed by atoms with E-state index in [0.717, 1.165) is 19.4 Å². The fraction of sp³-hybridized carbons (Fsp3) is 0.667. The van der Waals surface area contributed by atoms with E-state index in [2.05, 4.69) is 57.3 Å². The molecule has 2 unspecified atom stereocenters. The molecule has 2 atom stereocenters. The zero-order valence-corrected chi connectivity index (χ0v) is 13.8. The minimum Gasteiger partial charge on any atom is -0.375 e. The van der Waals surface area contributed by atoms with Gasteiger partial charge in [0.2, 0.25) is 0 Å². The van der Waals surface area contributed by atoms with E-state index in [1.54, 1.807) is 0 Å². The predicted octanol–water partition coefficient (Wildman–Crippen LogP) is 3.66. The van der Waals surface area contributed by atoms with Gasteiger partial charge >= 0.3 is 0 Å². The van der Waals surface area contributed by atoms with Crippen molar-refractivity contribution in [2.24, 2.45) is 0 Å². The first-order valence-electron chi connectivity index (χ1n) is 8.11. The molecule has 3 heteroatoms. The molecule has 1 fully saturated rings. The summed E-state index contributed by atoms with van der Waals surface area (Å²) in [6.45, 7) is 10.2. The lowest BCUT2D eigenvalue weighted by Crippen LogP contribution is -2.33. The second-order valence-corrected chi connectivity index (χ2v) is 6.51. The van der Waals surface area contributed by atoms with Crippen molar-refractivity contribution < 1.29 is 9.47 Å². The summed E-state index contributed by atoms with van der Waals surface area (Å²) in [4.78, 5) is 0. The summed E-state index contributed by atoms with van der Waals surface area (Å²) in [5.41, 5.74) is 2.57. The fourth-order valence-corrected chi connectivity index (χ4v) is 2.77. The molecule has 0 spiro atoms. The lowest BCUT2D eigenvalue weighted by Gasteiger charge is -2.32. The van der Waals surface area contributed by atoms with Gasteiger partial charge in [0.15, 0.2) is 0 Å². The van der Waals surface area contributed by atoms with Crippen LogP contribution < -0.4 is 5.32 Å². The van der Waals surface area contributed by atoms with E-state index >= 15 is 0 Å². The minimum absolute atomic E-state index is 0.309. The van der Waals surface area contributed by atoms with E-state index < -0.39 is 0 Å². The van der Waals surface area contributed by atoms with Crippen LogP contribution in [0.1, 0.15) is 51.7 Å². The van der Waals surface area contributed by atoms with Crippen molar-refractivity contribution in [3.05, 3.63) is 35.4 Å². The summed E-state index contributed by atoms with van der Waals surface area (Å²) < 4.78 is 11.8. The van der Waals surface area contributed by atoms with Crippen molar-refractivity contribution in [2.75, 3.05) is 0 Å². The standard InChI is InChI=1S/C18H29NO2/c1-13(2)19-11-16-5-7-17(8-6-16)12-20-18-9-14(3)21-15(4)10-18/h5-8,13-15,18-19H,9-12H2,1-4H3. The molecule has 0 saturated carbocycles. The molecule has 1 saturated heterocycles. The summed E-state index contributed by atoms with van der Waals surface area (Å²) >= 11 is 0. The normalized spacial score (nSPS) is 26.2. The van der Waals surface area contributed by atoms with E-state index in [4.69, 9.17) is 9.47 Å². The molecule has 118 valence electrons. The van der Waals surface area contributed by atoms with E-state index in [1.165, 1.54) is 11.1 Å². The van der Waals surface area contributed by atoms with Crippen LogP contribution in [-0.2, 0) is 22.6 Å². The fourth-order valence-electron chi connectivity index (χ4n) is 2.77. The molecule has 1 heterocycles. The van der Waals surface area contributed by atoms with Crippen LogP contribution in [0, 0.1) is 0 Å². The van der Waals surface area contributed by atoms with Gasteiger partial charge in [0.25, 0.3) is 0 Å². The number of ether oxygens (including phenoxy) is 2. The van der Waals surface area contributed by atoms with E-state index in [0.29, 0.717) is 31.0 Å². The second kappa shape index (κ2) is 7.92. The maximum absolute atomic E-state index is 6.05. The summed E-state index contributed by atoms with van der Waals surface area (Å²) in [7, 11) is 0. The molecule has 0 radical (unpaired) electrons. The van der Waals surface area contributed by atoms with Gasteiger partial charge in [-0.3, -0.25) is 0 Å². The molecule has 0 bridgehead atoms. The van der Waals surface area contributed by atoms with Gasteiger partial charge in [-0.1, -0.05) is 38.1 Å². The van der Waals surface area contributed by atoms with Crippen LogP contribution in [0.15, 0.2) is 24.3 Å². The molecule has 21 heavy (non-hydrogen) atoms. The smallest absolute Gasteiger partial charge is 0.0720 e. The van der Waals surface area contributed by atoms with Crippen molar-refractivity contribution >= 4 is 0 Å². The van der Waals surface area contributed by atoms with E-state index in [1.807, 2.05) is 0 Å². The van der Waals surface area contributed by atoms with Crippen molar-refractivity contribution in [3.8, 4) is 0 Å². The maximum atomic E-state index is 6.05. The van der Waals surface area contributed by atoms with Gasteiger partial charge in [0, 0.05) is 12.6 Å². The summed E-state index contributed by atoms with van der Waals surface area (Å²) in [5, 5.41) is 3.43. The second-order valence-electron chi connectivity index (χ2n) is 6.51. The highest BCUT2D eigenvalue weighted by Gasteiger charge is 2.24. The molecule has 2 rings (SSSR count). The van der Waals surface area contributed by atoms with Crippen LogP contribution in [0.2, 0.25) is 0 Å². The van der Waals surface area contributed by atoms with Crippen molar-refractivity contribution in [3.63, 3.8) is 0 Å². The Morgan fingerprint density at radius 3 is 2.24 bits per heavy atom. The number of rotatable bonds is 6. The minimum atomic E-state index is 0.309. The number of nitrogens with one attached hydrogen (secondary N) is 1. The Morgan fingerprint density at radius 1 is 1.10 bits per heavy atom. The van der Waals surface area contributed by atoms with Crippen LogP contribution >= 0.6 is 0 Å². The number of hydrogen-bond donors (Lipinski definition) is 1. The van der Waals surface area contributed by atoms with Gasteiger partial charge in [-0.15, -0.1) is 0 Å². The molecule has 0 aromatic heterocycles. The van der Waals surface area contributed by atoms with Gasteiger partial charge in [0.1, 0.15) is 0 Å². The lowest BCUT2D eigenvalue weighted by atomic mass is 10.0. The van der Waals surface area contributed by atoms with E-state index in [-0.39, 0.29) is 0 Å². The summed E-state index contributed by atoms with van der Waals surface area (Å²) in [6, 6.07) is 9.23. The Balaban J connectivity index is 1.78. The average Bonchev–Trinajstić information content (AvgIpc) is 2.43. The van der Waals surface area contributed by atoms with Crippen LogP contribution in [0.25, 0.3) is 0 Å². The Labute approximate surface area is 129 Å². The third-order valence-electron chi connectivity index (χ3n) is 3.88. The SMILES string of the molecule is CC(C)NCc1ccc(COC2CC(C)OC(C)C2)cc1. The zero-order valence-electron chi connectivity index (χ0n) is 13.8. The van der Waals surface area contributed by atoms with Crippen LogP contribution in [0.3, 0.4) is 0 Å². The van der Waals surface area contributed by atoms with E-state index in [9.17, 15) is 0 Å². The van der Waals surface area contributed by atoms with Crippen LogP contribution in [0.4, 0.5) is 0 Å². The molecule has 1 aliphatic heterocycles. The molecular formula is C18H29NO2. The summed E-state index contributed by atoms with van der Waals surface area (Å²) in [6.07, 6.45) is 2.94. The Kier molecular flexibility index (Phi) is 6.22. The first-order chi connectivity index (χ1) is 10.0. The van der Waals surface area contributed by atoms with Crippen LogP contribution in [0.5, 0.6) is 0 Å². The summed E-state index contributed by atoms with van der Waals surface area (Å²) in [5.74, 6) is 0. The molecule has 0 amide bonds. The lowest BCUT2D eigenvalue weighted by molar-refractivity contribution is -0.106. The molecule has 3 nitrogen and oxygen atoms in total. The quantitative estimate of drug-likeness (QED) is 0.867. The van der Waals surface area contributed by atoms with Crippen molar-refractivity contribution in [1.29, 1.82) is 0 Å². The van der Waals surface area contributed by atoms with Gasteiger partial charge in [-0.2, -0.15) is 0 Å². The molecule has 0 aliphatic carbocycles. The average molecular weight is 291 g/mol. The van der Waals surface area contributed by atoms with Crippen LogP contribution in [-0.4, -0.2) is 24.4 Å². The third kappa shape index (κ3) is 5.77. The molecule has 1 aliphatic rings. The largest absolute Gasteiger partial charge is 0.375 e. The highest BCUT2D eigenvalue weighted by Crippen LogP contribution is 2.22. The third-order valence-corrected chi connectivity index (χ3v) is 3.88. The Bertz CT molecular complexity index is 406. The number of benzene rings is 1. The zero-order chi connectivity index (χ0) is 15.2. The van der Waals surface area contributed by atoms with Gasteiger partial charge in [-0.05, 0) is 37.8 Å². The first-order valence-corrected chi connectivity index (χ1v) is 8.11. The van der Waals surface area contributed by atoms with Gasteiger partial charge in [0.05, 0.1) is 24.9 Å². The Morgan fingerprint density at radius 2 is 1.67 bits per heavy atom. The van der Waals surface area contributed by atoms with Crippen molar-refractivity contribution in [2.45, 2.75) is 78.0 Å². The maximum Gasteiger partial charge on any atom is 0.0720 e. The van der Waals surface area contributed by atoms with Gasteiger partial charge < -0.3 is 14.8 Å². The number of hydrogen-bond acceptors (Lipinski definition) is 3. The Hall–Kier alpha value is -0.900. The first kappa shape index (κ1) is 16.5. The highest BCUT2D eigenvalue weighted by molar-refractivity contribution is 5.22. The predicted molar refractivity (Wildman–Crippen MR) is 86.2 cm³/mol. The van der Waals surface area contributed by atoms with Gasteiger partial charge in [-0.25, -0.2) is 0 Å². The van der Waals surface area contributed by atoms with Crippen molar-refractivity contribution in [1.82, 2.24) is 5.32 Å². The topological polar surface area (TPSA) is 30.5 Å². The molecular weight excluding hydrogens is 262 g/mol. The molecule has 1 aromatic rings. The highest BCUT2D eigenvalue weighted by atomic mass is 16.5. The monoisotopic (exact) mass is 291 g/mol.